The van der Waals surface area contributed by atoms with Gasteiger partial charge in [-0.15, -0.1) is 0 Å². The number of anilines is 1. The molecule has 0 saturated carbocycles. The number of carbonyl (C=O) groups is 3. The molecule has 4 rings (SSSR count). The molecule has 1 aromatic carbocycles. The molecular weight excluding hydrogens is 466 g/mol. The topological polar surface area (TPSA) is 165 Å². The van der Waals surface area contributed by atoms with E-state index in [0.717, 1.165) is 18.4 Å². The highest BCUT2D eigenvalue weighted by molar-refractivity contribution is 5.90. The van der Waals surface area contributed by atoms with Gasteiger partial charge in [0.25, 0.3) is 0 Å². The first-order chi connectivity index (χ1) is 17.2. The van der Waals surface area contributed by atoms with Gasteiger partial charge >= 0.3 is 12.0 Å². The van der Waals surface area contributed by atoms with Gasteiger partial charge in [0.2, 0.25) is 5.91 Å². The fraction of sp³-hybridized carbons (Fsp3) is 0.440. The van der Waals surface area contributed by atoms with Gasteiger partial charge in [-0.2, -0.15) is 0 Å². The van der Waals surface area contributed by atoms with Crippen LogP contribution in [0.1, 0.15) is 30.9 Å². The maximum Gasteiger partial charge on any atom is 0.329 e. The second-order valence-electron chi connectivity index (χ2n) is 8.86. The van der Waals surface area contributed by atoms with E-state index in [9.17, 15) is 19.5 Å². The zero-order chi connectivity index (χ0) is 26.0. The third-order valence-electron chi connectivity index (χ3n) is 5.75. The van der Waals surface area contributed by atoms with Crippen molar-refractivity contribution < 1.29 is 29.0 Å². The Labute approximate surface area is 209 Å². The van der Waals surface area contributed by atoms with Gasteiger partial charge < -0.3 is 36.3 Å². The van der Waals surface area contributed by atoms with Crippen molar-refractivity contribution in [2.24, 2.45) is 0 Å². The molecule has 0 unspecified atom stereocenters. The first kappa shape index (κ1) is 26.7. The number of rotatable bonds is 5. The van der Waals surface area contributed by atoms with E-state index in [2.05, 4.69) is 20.9 Å². The molecule has 0 fully saturated rings. The van der Waals surface area contributed by atoms with Crippen molar-refractivity contribution in [1.29, 1.82) is 0 Å². The van der Waals surface area contributed by atoms with E-state index in [0.29, 0.717) is 37.0 Å². The standard InChI is InChI=1S/C25H33N5O6/c1-25(23(32)33,15-18-6-9-21(26)28-16-18)30-24(34)29-20-14-17-4-7-19(8-5-17)36-12-3-2-11-35-13-10-27-22(20)31/h4-9,16,20H,2-3,10-15H2,1H3,(H2,26,28)(H,27,31)(H,32,33)(H2,29,30,34)/t20-,25+/m1/s1. The van der Waals surface area contributed by atoms with Crippen LogP contribution in [0.3, 0.4) is 0 Å². The molecule has 2 aliphatic rings. The lowest BCUT2D eigenvalue weighted by Crippen LogP contribution is -2.59. The minimum atomic E-state index is -1.65. The van der Waals surface area contributed by atoms with E-state index in [4.69, 9.17) is 15.2 Å². The Balaban J connectivity index is 1.72. The Morgan fingerprint density at radius 1 is 1.17 bits per heavy atom. The lowest BCUT2D eigenvalue weighted by molar-refractivity contribution is -0.143. The quantitative estimate of drug-likeness (QED) is 0.410. The van der Waals surface area contributed by atoms with Crippen LogP contribution in [0, 0.1) is 0 Å². The van der Waals surface area contributed by atoms with Gasteiger partial charge in [-0.05, 0) is 49.1 Å². The molecule has 1 aromatic heterocycles. The average molecular weight is 500 g/mol. The van der Waals surface area contributed by atoms with Gasteiger partial charge in [0.15, 0.2) is 0 Å². The fourth-order valence-electron chi connectivity index (χ4n) is 3.70. The number of amides is 3. The fourth-order valence-corrected chi connectivity index (χ4v) is 3.70. The summed E-state index contributed by atoms with van der Waals surface area (Å²) in [7, 11) is 0. The Bertz CT molecular complexity index is 1030. The molecule has 0 spiro atoms. The van der Waals surface area contributed by atoms with Crippen LogP contribution in [-0.4, -0.2) is 65.9 Å². The van der Waals surface area contributed by atoms with Crippen LogP contribution in [0.2, 0.25) is 0 Å². The molecule has 11 heteroatoms. The molecular formula is C25H33N5O6. The summed E-state index contributed by atoms with van der Waals surface area (Å²) < 4.78 is 11.3. The number of carboxylic acid groups (broad SMARTS) is 1. The molecule has 3 heterocycles. The zero-order valence-electron chi connectivity index (χ0n) is 20.3. The summed E-state index contributed by atoms with van der Waals surface area (Å²) in [5.41, 5.74) is 5.33. The molecule has 2 aliphatic heterocycles. The van der Waals surface area contributed by atoms with Crippen LogP contribution >= 0.6 is 0 Å². The molecule has 2 bridgehead atoms. The number of nitrogens with two attached hydrogens (primary N) is 1. The number of nitrogens with zero attached hydrogens (tertiary/aromatic N) is 1. The van der Waals surface area contributed by atoms with Crippen LogP contribution in [0.5, 0.6) is 5.75 Å². The summed E-state index contributed by atoms with van der Waals surface area (Å²) in [6.07, 6.45) is 3.33. The number of aliphatic carboxylic acids is 1. The molecule has 2 atom stereocenters. The van der Waals surface area contributed by atoms with E-state index < -0.39 is 29.5 Å². The van der Waals surface area contributed by atoms with Gasteiger partial charge in [0.05, 0.1) is 13.2 Å². The van der Waals surface area contributed by atoms with Crippen molar-refractivity contribution in [1.82, 2.24) is 20.9 Å². The van der Waals surface area contributed by atoms with Crippen molar-refractivity contribution in [2.75, 3.05) is 32.1 Å². The first-order valence-corrected chi connectivity index (χ1v) is 11.8. The Morgan fingerprint density at radius 2 is 1.92 bits per heavy atom. The van der Waals surface area contributed by atoms with Crippen molar-refractivity contribution in [2.45, 2.75) is 44.2 Å². The Hall–Kier alpha value is -3.86. The molecule has 6 N–H and O–H groups in total. The highest BCUT2D eigenvalue weighted by Crippen LogP contribution is 2.16. The SMILES string of the molecule is C[C@@](Cc1ccc(N)nc1)(NC(=O)N[C@@H]1Cc2ccc(cc2)OCCCCOCCNC1=O)C(=O)O. The number of nitrogens with one attached hydrogen (secondary N) is 3. The number of hydrogen-bond donors (Lipinski definition) is 5. The van der Waals surface area contributed by atoms with Gasteiger partial charge in [0.1, 0.15) is 23.1 Å². The minimum Gasteiger partial charge on any atom is -0.494 e. The molecule has 36 heavy (non-hydrogen) atoms. The largest absolute Gasteiger partial charge is 0.494 e. The number of urea groups is 1. The summed E-state index contributed by atoms with van der Waals surface area (Å²) in [4.78, 5) is 41.8. The number of aromatic nitrogens is 1. The Kier molecular flexibility index (Phi) is 9.46. The summed E-state index contributed by atoms with van der Waals surface area (Å²) >= 11 is 0. The Morgan fingerprint density at radius 3 is 2.61 bits per heavy atom. The van der Waals surface area contributed by atoms with E-state index in [1.165, 1.54) is 13.1 Å². The number of hydrogen-bond acceptors (Lipinski definition) is 7. The molecule has 194 valence electrons. The van der Waals surface area contributed by atoms with Crippen molar-refractivity contribution in [3.8, 4) is 5.75 Å². The molecule has 0 radical (unpaired) electrons. The molecule has 0 aliphatic carbocycles. The van der Waals surface area contributed by atoms with Gasteiger partial charge in [-0.1, -0.05) is 18.2 Å². The van der Waals surface area contributed by atoms with Crippen LogP contribution < -0.4 is 26.4 Å². The molecule has 11 nitrogen and oxygen atoms in total. The lowest BCUT2D eigenvalue weighted by atomic mass is 9.93. The number of nitrogen functional groups attached to an aromatic ring is 1. The number of carbonyl (C=O) groups excluding carboxylic acids is 2. The summed E-state index contributed by atoms with van der Waals surface area (Å²) in [6, 6.07) is 8.77. The minimum absolute atomic E-state index is 0.0291. The molecule has 2 aromatic rings. The van der Waals surface area contributed by atoms with E-state index in [-0.39, 0.29) is 19.4 Å². The van der Waals surface area contributed by atoms with E-state index >= 15 is 0 Å². The number of benzene rings is 1. The van der Waals surface area contributed by atoms with Gasteiger partial charge in [0, 0.05) is 32.2 Å². The van der Waals surface area contributed by atoms with Crippen LogP contribution in [0.25, 0.3) is 0 Å². The predicted octanol–water partition coefficient (Wildman–Crippen LogP) is 1.27. The highest BCUT2D eigenvalue weighted by Gasteiger charge is 2.36. The van der Waals surface area contributed by atoms with Crippen molar-refractivity contribution in [3.05, 3.63) is 53.7 Å². The summed E-state index contributed by atoms with van der Waals surface area (Å²) in [5.74, 6) is -0.615. The van der Waals surface area contributed by atoms with E-state index in [1.807, 2.05) is 24.3 Å². The van der Waals surface area contributed by atoms with Crippen molar-refractivity contribution >= 4 is 23.7 Å². The maximum absolute atomic E-state index is 12.9. The van der Waals surface area contributed by atoms with E-state index in [1.54, 1.807) is 12.1 Å². The van der Waals surface area contributed by atoms with Crippen LogP contribution in [-0.2, 0) is 27.2 Å². The van der Waals surface area contributed by atoms with Gasteiger partial charge in [-0.25, -0.2) is 14.6 Å². The zero-order valence-corrected chi connectivity index (χ0v) is 20.3. The third-order valence-corrected chi connectivity index (χ3v) is 5.75. The molecule has 0 saturated heterocycles. The number of carboxylic acids is 1. The van der Waals surface area contributed by atoms with Crippen LogP contribution in [0.15, 0.2) is 42.6 Å². The second-order valence-corrected chi connectivity index (χ2v) is 8.86. The number of pyridine rings is 1. The maximum atomic E-state index is 12.9. The average Bonchev–Trinajstić information content (AvgIpc) is 2.84. The smallest absolute Gasteiger partial charge is 0.329 e. The summed E-state index contributed by atoms with van der Waals surface area (Å²) in [6.45, 7) is 3.15. The third kappa shape index (κ3) is 8.12. The van der Waals surface area contributed by atoms with Gasteiger partial charge in [-0.3, -0.25) is 4.79 Å². The summed E-state index contributed by atoms with van der Waals surface area (Å²) in [5, 5.41) is 17.7. The van der Waals surface area contributed by atoms with Crippen LogP contribution in [0.4, 0.5) is 10.6 Å². The highest BCUT2D eigenvalue weighted by atomic mass is 16.5. The lowest BCUT2D eigenvalue weighted by Gasteiger charge is -2.28. The van der Waals surface area contributed by atoms with Crippen molar-refractivity contribution in [3.63, 3.8) is 0 Å². The normalized spacial score (nSPS) is 18.8. The second kappa shape index (κ2) is 12.7. The number of fused-ring (bicyclic) bond motifs is 13. The predicted molar refractivity (Wildman–Crippen MR) is 133 cm³/mol. The first-order valence-electron chi connectivity index (χ1n) is 11.8. The molecule has 3 amide bonds. The number of ether oxygens (including phenoxy) is 2. The monoisotopic (exact) mass is 499 g/mol.